The molecule has 1 amide bonds. The molecule has 1 aliphatic heterocycles. The summed E-state index contributed by atoms with van der Waals surface area (Å²) in [7, 11) is 0. The van der Waals surface area contributed by atoms with Crippen LogP contribution in [0, 0.1) is 36.8 Å². The molecule has 1 N–H and O–H groups in total. The molecule has 1 fully saturated rings. The van der Waals surface area contributed by atoms with Crippen molar-refractivity contribution in [3.63, 3.8) is 0 Å². The van der Waals surface area contributed by atoms with Crippen LogP contribution in [0.5, 0.6) is 0 Å². The summed E-state index contributed by atoms with van der Waals surface area (Å²) >= 11 is 0. The molecular formula is C30H33F2N9O. The number of hydrogen-bond donors (Lipinski definition) is 1. The van der Waals surface area contributed by atoms with Gasteiger partial charge < -0.3 is 19.7 Å². The Morgan fingerprint density at radius 3 is 2.62 bits per heavy atom. The zero-order valence-corrected chi connectivity index (χ0v) is 24.2. The van der Waals surface area contributed by atoms with Gasteiger partial charge in [0.2, 0.25) is 5.95 Å². The van der Waals surface area contributed by atoms with Crippen molar-refractivity contribution in [1.29, 1.82) is 5.26 Å². The molecular weight excluding hydrogens is 540 g/mol. The summed E-state index contributed by atoms with van der Waals surface area (Å²) in [6.45, 7) is 11.0. The maximum atomic E-state index is 15.0. The van der Waals surface area contributed by atoms with Gasteiger partial charge in [-0.2, -0.15) is 5.26 Å². The summed E-state index contributed by atoms with van der Waals surface area (Å²) in [4.78, 5) is 34.6. The van der Waals surface area contributed by atoms with Crippen LogP contribution in [0.1, 0.15) is 54.6 Å². The summed E-state index contributed by atoms with van der Waals surface area (Å²) < 4.78 is 31.8. The Bertz CT molecular complexity index is 1680. The van der Waals surface area contributed by atoms with E-state index in [4.69, 9.17) is 5.26 Å². The predicted octanol–water partition coefficient (Wildman–Crippen LogP) is 5.17. The fourth-order valence-electron chi connectivity index (χ4n) is 5.43. The van der Waals surface area contributed by atoms with E-state index in [0.717, 1.165) is 25.7 Å². The molecule has 10 nitrogen and oxygen atoms in total. The number of carbonyl (C=O) groups is 1. The minimum Gasteiger partial charge on any atom is -0.337 e. The summed E-state index contributed by atoms with van der Waals surface area (Å²) in [6, 6.07) is 8.47. The first-order chi connectivity index (χ1) is 20.2. The maximum Gasteiger partial charge on any atom is 0.255 e. The lowest BCUT2D eigenvalue weighted by atomic mass is 10.1. The molecule has 1 aromatic carbocycles. The standard InChI is InChI=1S/C30H33F2N9O/c1-18(2)41-20(4)36-28-23(31)15-21(16-25(28)41)27-24(32)17-34-30(38-27)37-26-8-7-22(19(3)35-26)29(42)40-12-6-11-39(13-14-40)10-5-9-33/h7-8,15-18H,5-6,10-14H2,1-4H3,(H,34,35,37,38). The Hall–Kier alpha value is -4.50. The van der Waals surface area contributed by atoms with Gasteiger partial charge in [-0.1, -0.05) is 0 Å². The number of fused-ring (bicyclic) bond motifs is 1. The molecule has 42 heavy (non-hydrogen) atoms. The number of carbonyl (C=O) groups excluding carboxylic acids is 1. The number of hydrogen-bond acceptors (Lipinski definition) is 8. The number of nitriles is 1. The molecule has 0 atom stereocenters. The summed E-state index contributed by atoms with van der Waals surface area (Å²) in [5, 5.41) is 11.8. The highest BCUT2D eigenvalue weighted by molar-refractivity contribution is 5.95. The number of nitrogens with zero attached hydrogens (tertiary/aromatic N) is 8. The molecule has 1 aliphatic rings. The van der Waals surface area contributed by atoms with Crippen molar-refractivity contribution in [2.24, 2.45) is 0 Å². The van der Waals surface area contributed by atoms with E-state index >= 15 is 4.39 Å². The predicted molar refractivity (Wildman–Crippen MR) is 155 cm³/mol. The number of nitrogens with one attached hydrogen (secondary N) is 1. The van der Waals surface area contributed by atoms with Gasteiger partial charge in [-0.15, -0.1) is 0 Å². The second-order valence-electron chi connectivity index (χ2n) is 10.7. The molecule has 0 radical (unpaired) electrons. The van der Waals surface area contributed by atoms with Gasteiger partial charge >= 0.3 is 0 Å². The molecule has 4 aromatic rings. The minimum atomic E-state index is -0.694. The lowest BCUT2D eigenvalue weighted by Crippen LogP contribution is -2.35. The van der Waals surface area contributed by atoms with Crippen LogP contribution in [0.4, 0.5) is 20.5 Å². The van der Waals surface area contributed by atoms with Crippen LogP contribution in [-0.4, -0.2) is 72.9 Å². The molecule has 0 saturated carbocycles. The fraction of sp³-hybridized carbons (Fsp3) is 0.400. The lowest BCUT2D eigenvalue weighted by Gasteiger charge is -2.22. The first kappa shape index (κ1) is 29.0. The Morgan fingerprint density at radius 1 is 1.07 bits per heavy atom. The van der Waals surface area contributed by atoms with E-state index in [2.05, 4.69) is 36.2 Å². The number of aromatic nitrogens is 5. The number of halogens is 2. The first-order valence-corrected chi connectivity index (χ1v) is 14.0. The third-order valence-electron chi connectivity index (χ3n) is 7.43. The largest absolute Gasteiger partial charge is 0.337 e. The molecule has 3 aromatic heterocycles. The smallest absolute Gasteiger partial charge is 0.255 e. The van der Waals surface area contributed by atoms with E-state index in [1.807, 2.05) is 23.3 Å². The van der Waals surface area contributed by atoms with Crippen LogP contribution in [0.25, 0.3) is 22.3 Å². The van der Waals surface area contributed by atoms with Crippen molar-refractivity contribution < 1.29 is 13.6 Å². The zero-order valence-electron chi connectivity index (χ0n) is 24.2. The number of pyridine rings is 1. The van der Waals surface area contributed by atoms with Crippen LogP contribution in [0.15, 0.2) is 30.5 Å². The number of imidazole rings is 1. The minimum absolute atomic E-state index is 0.0322. The van der Waals surface area contributed by atoms with Crippen molar-refractivity contribution in [2.45, 2.75) is 46.6 Å². The van der Waals surface area contributed by atoms with Gasteiger partial charge in [-0.25, -0.2) is 28.7 Å². The number of anilines is 2. The van der Waals surface area contributed by atoms with E-state index in [1.165, 1.54) is 6.07 Å². The Morgan fingerprint density at radius 2 is 1.88 bits per heavy atom. The third-order valence-corrected chi connectivity index (χ3v) is 7.43. The summed E-state index contributed by atoms with van der Waals surface area (Å²) in [5.74, 6) is -0.220. The van der Waals surface area contributed by atoms with E-state index in [9.17, 15) is 9.18 Å². The van der Waals surface area contributed by atoms with Crippen LogP contribution >= 0.6 is 0 Å². The number of rotatable bonds is 7. The fourth-order valence-corrected chi connectivity index (χ4v) is 5.43. The van der Waals surface area contributed by atoms with Crippen molar-refractivity contribution in [2.75, 3.05) is 38.0 Å². The first-order valence-electron chi connectivity index (χ1n) is 14.0. The molecule has 218 valence electrons. The van der Waals surface area contributed by atoms with Crippen molar-refractivity contribution >= 4 is 28.7 Å². The molecule has 0 aliphatic carbocycles. The second kappa shape index (κ2) is 12.2. The van der Waals surface area contributed by atoms with Crippen LogP contribution < -0.4 is 5.32 Å². The van der Waals surface area contributed by atoms with Gasteiger partial charge in [0.05, 0.1) is 29.0 Å². The van der Waals surface area contributed by atoms with Crippen molar-refractivity contribution in [3.8, 4) is 17.3 Å². The van der Waals surface area contributed by atoms with Gasteiger partial charge in [0.25, 0.3) is 5.91 Å². The van der Waals surface area contributed by atoms with Gasteiger partial charge in [0.15, 0.2) is 11.6 Å². The zero-order chi connectivity index (χ0) is 30.0. The van der Waals surface area contributed by atoms with Crippen molar-refractivity contribution in [3.05, 3.63) is 59.2 Å². The van der Waals surface area contributed by atoms with Crippen LogP contribution in [0.2, 0.25) is 0 Å². The Labute approximate surface area is 243 Å². The second-order valence-corrected chi connectivity index (χ2v) is 10.7. The van der Waals surface area contributed by atoms with Gasteiger partial charge in [0.1, 0.15) is 22.9 Å². The van der Waals surface area contributed by atoms with E-state index < -0.39 is 11.6 Å². The average Bonchev–Trinajstić information content (AvgIpc) is 3.12. The molecule has 5 rings (SSSR count). The van der Waals surface area contributed by atoms with E-state index in [-0.39, 0.29) is 34.7 Å². The summed E-state index contributed by atoms with van der Waals surface area (Å²) in [5.41, 5.74) is 2.01. The van der Waals surface area contributed by atoms with Gasteiger partial charge in [-0.05, 0) is 64.9 Å². The Balaban J connectivity index is 1.36. The molecule has 0 unspecified atom stereocenters. The third kappa shape index (κ3) is 5.92. The molecule has 1 saturated heterocycles. The molecule has 4 heterocycles. The monoisotopic (exact) mass is 573 g/mol. The van der Waals surface area contributed by atoms with Gasteiger partial charge in [-0.3, -0.25) is 4.79 Å². The Kier molecular flexibility index (Phi) is 8.40. The molecule has 0 spiro atoms. The normalized spacial score (nSPS) is 14.3. The number of amides is 1. The van der Waals surface area contributed by atoms with Crippen LogP contribution in [-0.2, 0) is 0 Å². The van der Waals surface area contributed by atoms with Crippen LogP contribution in [0.3, 0.4) is 0 Å². The average molecular weight is 574 g/mol. The number of aryl methyl sites for hydroxylation is 2. The summed E-state index contributed by atoms with van der Waals surface area (Å²) in [6.07, 6.45) is 2.34. The quantitative estimate of drug-likeness (QED) is 0.322. The maximum absolute atomic E-state index is 15.0. The molecule has 0 bridgehead atoms. The topological polar surface area (TPSA) is 116 Å². The highest BCUT2D eigenvalue weighted by Crippen LogP contribution is 2.30. The van der Waals surface area contributed by atoms with Crippen molar-refractivity contribution in [1.82, 2.24) is 34.3 Å². The highest BCUT2D eigenvalue weighted by atomic mass is 19.1. The SMILES string of the molecule is Cc1nc(Nc2ncc(F)c(-c3cc(F)c4nc(C)n(C(C)C)c4c3)n2)ccc1C(=O)N1CCCN(CCC#N)CC1. The lowest BCUT2D eigenvalue weighted by molar-refractivity contribution is 0.0760. The number of benzene rings is 1. The highest BCUT2D eigenvalue weighted by Gasteiger charge is 2.23. The van der Waals surface area contributed by atoms with E-state index in [0.29, 0.717) is 54.5 Å². The van der Waals surface area contributed by atoms with E-state index in [1.54, 1.807) is 32.0 Å². The van der Waals surface area contributed by atoms with Gasteiger partial charge in [0, 0.05) is 44.2 Å². The molecule has 12 heteroatoms.